The van der Waals surface area contributed by atoms with E-state index in [-0.39, 0.29) is 12.3 Å². The van der Waals surface area contributed by atoms with E-state index < -0.39 is 0 Å². The van der Waals surface area contributed by atoms with Crippen LogP contribution in [0.3, 0.4) is 0 Å². The van der Waals surface area contributed by atoms with Gasteiger partial charge in [-0.05, 0) is 37.1 Å². The maximum Gasteiger partial charge on any atom is 0.227 e. The van der Waals surface area contributed by atoms with Gasteiger partial charge < -0.3 is 4.90 Å². The van der Waals surface area contributed by atoms with Crippen LogP contribution in [0.5, 0.6) is 0 Å². The molecule has 0 unspecified atom stereocenters. The lowest BCUT2D eigenvalue weighted by atomic mass is 10.1. The maximum absolute atomic E-state index is 12.8. The quantitative estimate of drug-likeness (QED) is 0.618. The number of rotatable bonds is 4. The SMILES string of the molecule is O=C(Cc1c(-c2ccc(Cl)cc2)nn(-c2ccccc2)c1Cl)N1CCCC1. The Bertz CT molecular complexity index is 946. The minimum absolute atomic E-state index is 0.0947. The van der Waals surface area contributed by atoms with E-state index in [0.29, 0.717) is 15.9 Å². The first-order chi connectivity index (χ1) is 13.1. The lowest BCUT2D eigenvalue weighted by Crippen LogP contribution is -2.29. The third-order valence-electron chi connectivity index (χ3n) is 4.83. The molecule has 3 aromatic rings. The van der Waals surface area contributed by atoms with Gasteiger partial charge in [0.15, 0.2) is 0 Å². The highest BCUT2D eigenvalue weighted by Gasteiger charge is 2.25. The Labute approximate surface area is 168 Å². The van der Waals surface area contributed by atoms with Gasteiger partial charge in [-0.25, -0.2) is 4.68 Å². The molecule has 2 aromatic carbocycles. The monoisotopic (exact) mass is 399 g/mol. The second-order valence-corrected chi connectivity index (χ2v) is 7.43. The molecule has 2 heterocycles. The van der Waals surface area contributed by atoms with Crippen LogP contribution < -0.4 is 0 Å². The summed E-state index contributed by atoms with van der Waals surface area (Å²) in [5.74, 6) is 0.0947. The number of hydrogen-bond acceptors (Lipinski definition) is 2. The smallest absolute Gasteiger partial charge is 0.227 e. The summed E-state index contributed by atoms with van der Waals surface area (Å²) >= 11 is 12.7. The van der Waals surface area contributed by atoms with Gasteiger partial charge in [0.2, 0.25) is 5.91 Å². The van der Waals surface area contributed by atoms with Crippen LogP contribution in [0.1, 0.15) is 18.4 Å². The molecule has 1 saturated heterocycles. The van der Waals surface area contributed by atoms with Crippen molar-refractivity contribution in [2.24, 2.45) is 0 Å². The number of para-hydroxylation sites is 1. The van der Waals surface area contributed by atoms with Gasteiger partial charge in [0.1, 0.15) is 5.15 Å². The largest absolute Gasteiger partial charge is 0.342 e. The van der Waals surface area contributed by atoms with E-state index in [1.807, 2.05) is 59.5 Å². The van der Waals surface area contributed by atoms with Crippen LogP contribution >= 0.6 is 23.2 Å². The van der Waals surface area contributed by atoms with E-state index in [9.17, 15) is 4.79 Å². The van der Waals surface area contributed by atoms with Crippen molar-refractivity contribution in [1.82, 2.24) is 14.7 Å². The summed E-state index contributed by atoms with van der Waals surface area (Å²) in [4.78, 5) is 14.7. The van der Waals surface area contributed by atoms with Gasteiger partial charge in [0, 0.05) is 29.2 Å². The van der Waals surface area contributed by atoms with Crippen LogP contribution in [0.15, 0.2) is 54.6 Å². The zero-order valence-electron chi connectivity index (χ0n) is 14.7. The summed E-state index contributed by atoms with van der Waals surface area (Å²) in [6.45, 7) is 1.64. The van der Waals surface area contributed by atoms with Gasteiger partial charge in [0.25, 0.3) is 0 Å². The molecule has 27 heavy (non-hydrogen) atoms. The van der Waals surface area contributed by atoms with E-state index in [0.717, 1.165) is 42.7 Å². The molecule has 0 aliphatic carbocycles. The Balaban J connectivity index is 1.78. The minimum atomic E-state index is 0.0947. The van der Waals surface area contributed by atoms with Crippen molar-refractivity contribution in [3.63, 3.8) is 0 Å². The summed E-state index contributed by atoms with van der Waals surface area (Å²) in [6.07, 6.45) is 2.36. The Hall–Kier alpha value is -2.30. The van der Waals surface area contributed by atoms with Crippen molar-refractivity contribution in [3.8, 4) is 16.9 Å². The molecule has 4 rings (SSSR count). The zero-order valence-corrected chi connectivity index (χ0v) is 16.2. The molecule has 1 fully saturated rings. The first kappa shape index (κ1) is 18.1. The fourth-order valence-corrected chi connectivity index (χ4v) is 3.81. The third kappa shape index (κ3) is 3.73. The number of benzene rings is 2. The third-order valence-corrected chi connectivity index (χ3v) is 5.47. The van der Waals surface area contributed by atoms with Crippen molar-refractivity contribution in [2.45, 2.75) is 19.3 Å². The van der Waals surface area contributed by atoms with Gasteiger partial charge in [0.05, 0.1) is 17.8 Å². The van der Waals surface area contributed by atoms with Crippen LogP contribution in [0, 0.1) is 0 Å². The van der Waals surface area contributed by atoms with E-state index in [1.165, 1.54) is 0 Å². The van der Waals surface area contributed by atoms with Crippen molar-refractivity contribution >= 4 is 29.1 Å². The molecule has 1 aliphatic heterocycles. The van der Waals surface area contributed by atoms with E-state index in [4.69, 9.17) is 28.3 Å². The molecule has 1 aromatic heterocycles. The Kier molecular flexibility index (Phi) is 5.19. The van der Waals surface area contributed by atoms with Crippen LogP contribution in [-0.4, -0.2) is 33.7 Å². The van der Waals surface area contributed by atoms with Crippen LogP contribution in [-0.2, 0) is 11.2 Å². The Morgan fingerprint density at radius 2 is 1.63 bits per heavy atom. The second kappa shape index (κ2) is 7.75. The molecule has 0 spiro atoms. The molecule has 1 aliphatic rings. The van der Waals surface area contributed by atoms with Crippen molar-refractivity contribution in [2.75, 3.05) is 13.1 Å². The molecule has 0 radical (unpaired) electrons. The summed E-state index contributed by atoms with van der Waals surface area (Å²) in [6, 6.07) is 17.1. The molecule has 0 atom stereocenters. The van der Waals surface area contributed by atoms with Gasteiger partial charge in [-0.2, -0.15) is 5.10 Å². The van der Waals surface area contributed by atoms with Gasteiger partial charge >= 0.3 is 0 Å². The lowest BCUT2D eigenvalue weighted by Gasteiger charge is -2.15. The Morgan fingerprint density at radius 1 is 0.963 bits per heavy atom. The molecule has 1 amide bonds. The minimum Gasteiger partial charge on any atom is -0.342 e. The second-order valence-electron chi connectivity index (χ2n) is 6.64. The summed E-state index contributed by atoms with van der Waals surface area (Å²) < 4.78 is 1.69. The standard InChI is InChI=1S/C21H19Cl2N3O/c22-16-10-8-15(9-11-16)20-18(14-19(27)25-12-4-5-13-25)21(23)26(24-20)17-6-2-1-3-7-17/h1-3,6-11H,4-5,12-14H2. The first-order valence-electron chi connectivity index (χ1n) is 9.00. The van der Waals surface area contributed by atoms with Crippen molar-refractivity contribution in [1.29, 1.82) is 0 Å². The van der Waals surface area contributed by atoms with Crippen LogP contribution in [0.25, 0.3) is 16.9 Å². The Morgan fingerprint density at radius 3 is 2.30 bits per heavy atom. The molecule has 6 heteroatoms. The van der Waals surface area contributed by atoms with Crippen molar-refractivity contribution < 1.29 is 4.79 Å². The van der Waals surface area contributed by atoms with E-state index >= 15 is 0 Å². The number of hydrogen-bond donors (Lipinski definition) is 0. The number of nitrogens with zero attached hydrogens (tertiary/aromatic N) is 3. The summed E-state index contributed by atoms with van der Waals surface area (Å²) in [5, 5.41) is 5.86. The van der Waals surface area contributed by atoms with E-state index in [2.05, 4.69) is 0 Å². The highest BCUT2D eigenvalue weighted by molar-refractivity contribution is 6.31. The fraction of sp³-hybridized carbons (Fsp3) is 0.238. The summed E-state index contributed by atoms with van der Waals surface area (Å²) in [5.41, 5.74) is 3.21. The highest BCUT2D eigenvalue weighted by Crippen LogP contribution is 2.32. The number of carbonyl (C=O) groups excluding carboxylic acids is 1. The highest BCUT2D eigenvalue weighted by atomic mass is 35.5. The van der Waals surface area contributed by atoms with Gasteiger partial charge in [-0.15, -0.1) is 0 Å². The number of amides is 1. The average molecular weight is 400 g/mol. The van der Waals surface area contributed by atoms with Gasteiger partial charge in [-0.3, -0.25) is 4.79 Å². The van der Waals surface area contributed by atoms with Gasteiger partial charge in [-0.1, -0.05) is 53.5 Å². The number of halogens is 2. The van der Waals surface area contributed by atoms with E-state index in [1.54, 1.807) is 4.68 Å². The van der Waals surface area contributed by atoms with Crippen LogP contribution in [0.2, 0.25) is 10.2 Å². The predicted molar refractivity (Wildman–Crippen MR) is 109 cm³/mol. The molecular weight excluding hydrogens is 381 g/mol. The number of likely N-dealkylation sites (tertiary alicyclic amines) is 1. The molecule has 4 nitrogen and oxygen atoms in total. The average Bonchev–Trinajstić information content (AvgIpc) is 3.33. The van der Waals surface area contributed by atoms with Crippen molar-refractivity contribution in [3.05, 3.63) is 70.3 Å². The first-order valence-corrected chi connectivity index (χ1v) is 9.75. The molecule has 138 valence electrons. The maximum atomic E-state index is 12.8. The fourth-order valence-electron chi connectivity index (χ4n) is 3.40. The molecule has 0 bridgehead atoms. The topological polar surface area (TPSA) is 38.1 Å². The molecule has 0 N–H and O–H groups in total. The molecular formula is C21H19Cl2N3O. The van der Waals surface area contributed by atoms with Crippen LogP contribution in [0.4, 0.5) is 0 Å². The number of carbonyl (C=O) groups is 1. The summed E-state index contributed by atoms with van der Waals surface area (Å²) in [7, 11) is 0. The normalized spacial score (nSPS) is 13.9. The zero-order chi connectivity index (χ0) is 18.8. The molecule has 0 saturated carbocycles. The lowest BCUT2D eigenvalue weighted by molar-refractivity contribution is -0.129. The predicted octanol–water partition coefficient (Wildman–Crippen LogP) is 5.01. The number of aromatic nitrogens is 2.